The highest BCUT2D eigenvalue weighted by Gasteiger charge is 2.19. The van der Waals surface area contributed by atoms with Gasteiger partial charge in [0, 0.05) is 19.3 Å². The van der Waals surface area contributed by atoms with Crippen molar-refractivity contribution in [2.24, 2.45) is 0 Å². The zero-order valence-electron chi connectivity index (χ0n) is 53.4. The van der Waals surface area contributed by atoms with Crippen LogP contribution in [0, 0.1) is 0 Å². The van der Waals surface area contributed by atoms with Crippen molar-refractivity contribution in [3.05, 3.63) is 36.5 Å². The zero-order chi connectivity index (χ0) is 57.1. The van der Waals surface area contributed by atoms with Crippen molar-refractivity contribution in [2.45, 2.75) is 399 Å². The number of esters is 3. The number of allylic oxidation sites excluding steroid dienone is 6. The van der Waals surface area contributed by atoms with Crippen LogP contribution in [0.4, 0.5) is 0 Å². The van der Waals surface area contributed by atoms with E-state index in [-0.39, 0.29) is 31.1 Å². The van der Waals surface area contributed by atoms with Gasteiger partial charge in [0.1, 0.15) is 13.2 Å². The van der Waals surface area contributed by atoms with Gasteiger partial charge >= 0.3 is 17.9 Å². The summed E-state index contributed by atoms with van der Waals surface area (Å²) in [5.41, 5.74) is 0. The second-order valence-corrected chi connectivity index (χ2v) is 24.1. The molecule has 0 aromatic carbocycles. The number of carbonyl (C=O) groups excluding carboxylic acids is 3. The van der Waals surface area contributed by atoms with E-state index >= 15 is 0 Å². The topological polar surface area (TPSA) is 78.9 Å². The first-order valence-electron chi connectivity index (χ1n) is 35.5. The predicted octanol–water partition coefficient (Wildman–Crippen LogP) is 24.3. The summed E-state index contributed by atoms with van der Waals surface area (Å²) >= 11 is 0. The van der Waals surface area contributed by atoms with Gasteiger partial charge in [0.05, 0.1) is 0 Å². The van der Waals surface area contributed by atoms with Gasteiger partial charge in [0.2, 0.25) is 0 Å². The minimum atomic E-state index is -0.780. The fourth-order valence-electron chi connectivity index (χ4n) is 10.8. The Balaban J connectivity index is 4.25. The standard InChI is InChI=1S/C73H136O6/c1-4-7-10-13-16-19-22-25-28-31-33-34-35-36-37-38-39-40-41-43-45-48-51-54-57-60-63-66-72(75)78-69-70(68-77-71(74)65-62-59-56-53-50-47-44-30-27-24-21-18-15-12-9-6-3)79-73(76)67-64-61-58-55-52-49-46-42-32-29-26-23-20-17-14-11-8-5-2/h21,24,29-30,32,44,70H,4-20,22-23,25-28,31,33-43,45-69H2,1-3H3/b24-21-,32-29-,44-30-. The Morgan fingerprint density at radius 1 is 0.253 bits per heavy atom. The Morgan fingerprint density at radius 3 is 0.722 bits per heavy atom. The highest BCUT2D eigenvalue weighted by molar-refractivity contribution is 5.71. The third-order valence-electron chi connectivity index (χ3n) is 16.1. The summed E-state index contributed by atoms with van der Waals surface area (Å²) in [4.78, 5) is 38.4. The van der Waals surface area contributed by atoms with Crippen molar-refractivity contribution in [3.8, 4) is 0 Å². The second kappa shape index (κ2) is 68.1. The lowest BCUT2D eigenvalue weighted by Crippen LogP contribution is -2.30. The van der Waals surface area contributed by atoms with Crippen LogP contribution in [0.15, 0.2) is 36.5 Å². The molecule has 0 saturated carbocycles. The lowest BCUT2D eigenvalue weighted by molar-refractivity contribution is -0.167. The van der Waals surface area contributed by atoms with Gasteiger partial charge in [-0.3, -0.25) is 14.4 Å². The van der Waals surface area contributed by atoms with E-state index in [1.165, 1.54) is 276 Å². The number of hydrogen-bond acceptors (Lipinski definition) is 6. The van der Waals surface area contributed by atoms with E-state index in [9.17, 15) is 14.4 Å². The van der Waals surface area contributed by atoms with Crippen LogP contribution < -0.4 is 0 Å². The van der Waals surface area contributed by atoms with Crippen molar-refractivity contribution < 1.29 is 28.6 Å². The predicted molar refractivity (Wildman–Crippen MR) is 344 cm³/mol. The molecule has 0 aromatic heterocycles. The van der Waals surface area contributed by atoms with Crippen LogP contribution in [0.3, 0.4) is 0 Å². The number of unbranched alkanes of at least 4 members (excludes halogenated alkanes) is 49. The molecule has 79 heavy (non-hydrogen) atoms. The molecule has 1 atom stereocenters. The molecule has 0 N–H and O–H groups in total. The van der Waals surface area contributed by atoms with E-state index in [4.69, 9.17) is 14.2 Å². The van der Waals surface area contributed by atoms with Gasteiger partial charge in [-0.2, -0.15) is 0 Å². The molecule has 0 fully saturated rings. The van der Waals surface area contributed by atoms with Crippen molar-refractivity contribution in [1.82, 2.24) is 0 Å². The van der Waals surface area contributed by atoms with Crippen LogP contribution in [0.2, 0.25) is 0 Å². The summed E-state index contributed by atoms with van der Waals surface area (Å²) in [6, 6.07) is 0. The van der Waals surface area contributed by atoms with Crippen LogP contribution in [-0.4, -0.2) is 37.2 Å². The van der Waals surface area contributed by atoms with E-state index < -0.39 is 6.10 Å². The maximum absolute atomic E-state index is 12.9. The minimum Gasteiger partial charge on any atom is -0.462 e. The first kappa shape index (κ1) is 76.6. The van der Waals surface area contributed by atoms with E-state index in [0.29, 0.717) is 19.3 Å². The number of ether oxygens (including phenoxy) is 3. The first-order valence-corrected chi connectivity index (χ1v) is 35.5. The molecule has 0 saturated heterocycles. The second-order valence-electron chi connectivity index (χ2n) is 24.1. The molecule has 0 rings (SSSR count). The SMILES string of the molecule is CCCCCC/C=C\C/C=C\CCCCCCCC(=O)OCC(COC(=O)CCCCCCCCCCCCCCCCCCCCCCCCCCCCC)OC(=O)CCCCCCCCC/C=C\CCCCCCCCC. The Kier molecular flexibility index (Phi) is 66.1. The van der Waals surface area contributed by atoms with Crippen LogP contribution in [0.25, 0.3) is 0 Å². The van der Waals surface area contributed by atoms with E-state index in [1.54, 1.807) is 0 Å². The third-order valence-corrected chi connectivity index (χ3v) is 16.1. The van der Waals surface area contributed by atoms with Crippen LogP contribution in [0.5, 0.6) is 0 Å². The first-order chi connectivity index (χ1) is 39.0. The average Bonchev–Trinajstić information content (AvgIpc) is 3.45. The quantitative estimate of drug-likeness (QED) is 0.0261. The molecular formula is C73H136O6. The summed E-state index contributed by atoms with van der Waals surface area (Å²) in [7, 11) is 0. The molecule has 0 radical (unpaired) electrons. The highest BCUT2D eigenvalue weighted by Crippen LogP contribution is 2.18. The normalized spacial score (nSPS) is 12.2. The van der Waals surface area contributed by atoms with Gasteiger partial charge in [-0.1, -0.05) is 333 Å². The van der Waals surface area contributed by atoms with E-state index in [1.807, 2.05) is 0 Å². The Morgan fingerprint density at radius 2 is 0.456 bits per heavy atom. The molecule has 0 aromatic rings. The molecule has 6 nitrogen and oxygen atoms in total. The Labute approximate surface area is 493 Å². The van der Waals surface area contributed by atoms with Gasteiger partial charge in [-0.25, -0.2) is 0 Å². The van der Waals surface area contributed by atoms with Crippen molar-refractivity contribution in [2.75, 3.05) is 13.2 Å². The number of hydrogen-bond donors (Lipinski definition) is 0. The molecule has 0 aliphatic carbocycles. The molecule has 1 unspecified atom stereocenters. The molecule has 0 aliphatic rings. The minimum absolute atomic E-state index is 0.0740. The summed E-state index contributed by atoms with van der Waals surface area (Å²) < 4.78 is 17.0. The maximum Gasteiger partial charge on any atom is 0.306 e. The monoisotopic (exact) mass is 1110 g/mol. The lowest BCUT2D eigenvalue weighted by Gasteiger charge is -2.18. The molecule has 0 spiro atoms. The summed E-state index contributed by atoms with van der Waals surface area (Å²) in [5.74, 6) is -0.865. The van der Waals surface area contributed by atoms with Crippen molar-refractivity contribution in [3.63, 3.8) is 0 Å². The lowest BCUT2D eigenvalue weighted by atomic mass is 10.0. The van der Waals surface area contributed by atoms with Gasteiger partial charge in [0.15, 0.2) is 6.10 Å². The Bertz CT molecular complexity index is 1320. The fraction of sp³-hybridized carbons (Fsp3) is 0.877. The third kappa shape index (κ3) is 66.3. The van der Waals surface area contributed by atoms with Crippen LogP contribution >= 0.6 is 0 Å². The van der Waals surface area contributed by atoms with Crippen molar-refractivity contribution >= 4 is 17.9 Å². The van der Waals surface area contributed by atoms with Gasteiger partial charge in [-0.05, 0) is 77.0 Å². The van der Waals surface area contributed by atoms with Crippen LogP contribution in [-0.2, 0) is 28.6 Å². The number of rotatable bonds is 66. The summed E-state index contributed by atoms with van der Waals surface area (Å²) in [6.45, 7) is 6.68. The average molecular weight is 1110 g/mol. The van der Waals surface area contributed by atoms with Gasteiger partial charge in [-0.15, -0.1) is 0 Å². The zero-order valence-corrected chi connectivity index (χ0v) is 53.4. The Hall–Kier alpha value is -2.37. The van der Waals surface area contributed by atoms with Gasteiger partial charge in [0.25, 0.3) is 0 Å². The molecule has 0 bridgehead atoms. The largest absolute Gasteiger partial charge is 0.462 e. The smallest absolute Gasteiger partial charge is 0.306 e. The molecule has 0 amide bonds. The maximum atomic E-state index is 12.9. The molecule has 6 heteroatoms. The highest BCUT2D eigenvalue weighted by atomic mass is 16.6. The van der Waals surface area contributed by atoms with E-state index in [0.717, 1.165) is 77.0 Å². The fourth-order valence-corrected chi connectivity index (χ4v) is 10.8. The van der Waals surface area contributed by atoms with E-state index in [2.05, 4.69) is 57.2 Å². The molecule has 0 aliphatic heterocycles. The molecule has 0 heterocycles. The van der Waals surface area contributed by atoms with Crippen LogP contribution in [0.1, 0.15) is 393 Å². The summed E-state index contributed by atoms with van der Waals surface area (Å²) in [6.07, 6.45) is 84.6. The van der Waals surface area contributed by atoms with Gasteiger partial charge < -0.3 is 14.2 Å². The molecule has 464 valence electrons. The number of carbonyl (C=O) groups is 3. The summed E-state index contributed by atoms with van der Waals surface area (Å²) in [5, 5.41) is 0. The molecular weight excluding hydrogens is 973 g/mol. The van der Waals surface area contributed by atoms with Crippen molar-refractivity contribution in [1.29, 1.82) is 0 Å².